The average molecular weight is 457 g/mol. The van der Waals surface area contributed by atoms with Gasteiger partial charge in [0.1, 0.15) is 0 Å². The van der Waals surface area contributed by atoms with Gasteiger partial charge in [-0.15, -0.1) is 0 Å². The molecule has 0 unspecified atom stereocenters. The number of carbonyl (C=O) groups excluding carboxylic acids is 3. The summed E-state index contributed by atoms with van der Waals surface area (Å²) in [5.41, 5.74) is 2.48. The zero-order valence-electron chi connectivity index (χ0n) is 18.2. The molecule has 4 aromatic rings. The van der Waals surface area contributed by atoms with Gasteiger partial charge < -0.3 is 24.9 Å². The number of amides is 3. The van der Waals surface area contributed by atoms with Crippen molar-refractivity contribution in [1.29, 1.82) is 0 Å². The first kappa shape index (κ1) is 22.5. The van der Waals surface area contributed by atoms with Crippen LogP contribution in [-0.4, -0.2) is 27.3 Å². The Hall–Kier alpha value is -4.66. The third-order valence-electron chi connectivity index (χ3n) is 4.97. The first-order valence-corrected chi connectivity index (χ1v) is 10.6. The molecule has 3 amide bonds. The maximum atomic E-state index is 12.6. The first-order chi connectivity index (χ1) is 16.6. The van der Waals surface area contributed by atoms with Crippen molar-refractivity contribution in [3.05, 3.63) is 103 Å². The second-order valence-electron chi connectivity index (χ2n) is 7.49. The van der Waals surface area contributed by atoms with E-state index in [2.05, 4.69) is 20.9 Å². The maximum Gasteiger partial charge on any atom is 0.291 e. The van der Waals surface area contributed by atoms with Gasteiger partial charge in [0.25, 0.3) is 11.8 Å². The van der Waals surface area contributed by atoms with Crippen LogP contribution in [-0.2, 0) is 17.9 Å². The standard InChI is InChI=1S/C25H23N5O4/c31-23(10-12-30-13-11-26-17-30)28-21-4-1-3-19(15-21)24(32)27-16-18-6-8-20(9-7-18)29-25(33)22-5-2-14-34-22/h1-9,11,13-15,17H,10,12,16H2,(H,27,32)(H,28,31)(H,29,33). The zero-order valence-corrected chi connectivity index (χ0v) is 18.2. The molecule has 2 aromatic carbocycles. The highest BCUT2D eigenvalue weighted by Crippen LogP contribution is 2.14. The van der Waals surface area contributed by atoms with Crippen LogP contribution < -0.4 is 16.0 Å². The van der Waals surface area contributed by atoms with Crippen LogP contribution >= 0.6 is 0 Å². The molecular weight excluding hydrogens is 434 g/mol. The van der Waals surface area contributed by atoms with Crippen LogP contribution in [0.4, 0.5) is 11.4 Å². The van der Waals surface area contributed by atoms with E-state index in [1.54, 1.807) is 67.3 Å². The summed E-state index contributed by atoms with van der Waals surface area (Å²) >= 11 is 0. The van der Waals surface area contributed by atoms with Gasteiger partial charge in [-0.05, 0) is 48.0 Å². The fourth-order valence-corrected chi connectivity index (χ4v) is 3.20. The van der Waals surface area contributed by atoms with E-state index in [0.717, 1.165) is 5.56 Å². The Labute approximate surface area is 195 Å². The highest BCUT2D eigenvalue weighted by molar-refractivity contribution is 6.02. The van der Waals surface area contributed by atoms with Crippen LogP contribution in [0.3, 0.4) is 0 Å². The van der Waals surface area contributed by atoms with Gasteiger partial charge >= 0.3 is 0 Å². The number of benzene rings is 2. The van der Waals surface area contributed by atoms with Crippen molar-refractivity contribution in [2.45, 2.75) is 19.5 Å². The third-order valence-corrected chi connectivity index (χ3v) is 4.97. The van der Waals surface area contributed by atoms with Crippen LogP contribution in [0.2, 0.25) is 0 Å². The largest absolute Gasteiger partial charge is 0.459 e. The zero-order chi connectivity index (χ0) is 23.8. The third kappa shape index (κ3) is 6.19. The Balaban J connectivity index is 1.26. The van der Waals surface area contributed by atoms with E-state index in [4.69, 9.17) is 4.42 Å². The van der Waals surface area contributed by atoms with Gasteiger partial charge in [0, 0.05) is 48.8 Å². The van der Waals surface area contributed by atoms with E-state index >= 15 is 0 Å². The number of aryl methyl sites for hydroxylation is 1. The molecule has 2 aromatic heterocycles. The van der Waals surface area contributed by atoms with Crippen LogP contribution in [0, 0.1) is 0 Å². The topological polar surface area (TPSA) is 118 Å². The molecule has 0 bridgehead atoms. The van der Waals surface area contributed by atoms with Crippen molar-refractivity contribution in [2.75, 3.05) is 10.6 Å². The van der Waals surface area contributed by atoms with Crippen molar-refractivity contribution in [3.8, 4) is 0 Å². The number of aromatic nitrogens is 2. The molecule has 34 heavy (non-hydrogen) atoms. The van der Waals surface area contributed by atoms with E-state index in [-0.39, 0.29) is 23.5 Å². The molecule has 9 nitrogen and oxygen atoms in total. The van der Waals surface area contributed by atoms with Gasteiger partial charge in [-0.2, -0.15) is 0 Å². The maximum absolute atomic E-state index is 12.6. The Kier molecular flexibility index (Phi) is 7.14. The van der Waals surface area contributed by atoms with E-state index in [0.29, 0.717) is 36.4 Å². The average Bonchev–Trinajstić information content (AvgIpc) is 3.57. The van der Waals surface area contributed by atoms with Crippen LogP contribution in [0.5, 0.6) is 0 Å². The summed E-state index contributed by atoms with van der Waals surface area (Å²) in [6.07, 6.45) is 6.85. The predicted molar refractivity (Wildman–Crippen MR) is 126 cm³/mol. The summed E-state index contributed by atoms with van der Waals surface area (Å²) in [7, 11) is 0. The molecule has 0 spiro atoms. The molecule has 0 aliphatic heterocycles. The van der Waals surface area contributed by atoms with Gasteiger partial charge in [0.15, 0.2) is 5.76 Å². The normalized spacial score (nSPS) is 10.5. The SMILES string of the molecule is O=C(CCn1ccnc1)Nc1cccc(C(=O)NCc2ccc(NC(=O)c3ccco3)cc2)c1. The van der Waals surface area contributed by atoms with E-state index in [9.17, 15) is 14.4 Å². The number of carbonyl (C=O) groups is 3. The van der Waals surface area contributed by atoms with Gasteiger partial charge in [-0.25, -0.2) is 4.98 Å². The lowest BCUT2D eigenvalue weighted by atomic mass is 10.1. The lowest BCUT2D eigenvalue weighted by Crippen LogP contribution is -2.23. The Morgan fingerprint density at radius 3 is 2.50 bits per heavy atom. The van der Waals surface area contributed by atoms with Gasteiger partial charge in [0.05, 0.1) is 12.6 Å². The number of nitrogens with zero attached hydrogens (tertiary/aromatic N) is 2. The Morgan fingerprint density at radius 1 is 0.912 bits per heavy atom. The van der Waals surface area contributed by atoms with Gasteiger partial charge in [0.2, 0.25) is 5.91 Å². The molecule has 172 valence electrons. The molecule has 0 aliphatic rings. The van der Waals surface area contributed by atoms with E-state index < -0.39 is 0 Å². The molecule has 2 heterocycles. The first-order valence-electron chi connectivity index (χ1n) is 10.6. The quantitative estimate of drug-likeness (QED) is 0.354. The molecule has 9 heteroatoms. The van der Waals surface area contributed by atoms with E-state index in [1.165, 1.54) is 6.26 Å². The minimum atomic E-state index is -0.334. The number of furan rings is 1. The lowest BCUT2D eigenvalue weighted by Gasteiger charge is -2.09. The second kappa shape index (κ2) is 10.8. The van der Waals surface area contributed by atoms with Crippen molar-refractivity contribution in [2.24, 2.45) is 0 Å². The highest BCUT2D eigenvalue weighted by Gasteiger charge is 2.10. The Bertz CT molecular complexity index is 1250. The van der Waals surface area contributed by atoms with Crippen molar-refractivity contribution in [3.63, 3.8) is 0 Å². The molecule has 4 rings (SSSR count). The number of hydrogen-bond donors (Lipinski definition) is 3. The molecule has 0 fully saturated rings. The van der Waals surface area contributed by atoms with Gasteiger partial charge in [-0.3, -0.25) is 14.4 Å². The summed E-state index contributed by atoms with van der Waals surface area (Å²) in [5.74, 6) is -0.511. The summed E-state index contributed by atoms with van der Waals surface area (Å²) in [5, 5.41) is 8.41. The van der Waals surface area contributed by atoms with Crippen molar-refractivity contribution in [1.82, 2.24) is 14.9 Å². The summed E-state index contributed by atoms with van der Waals surface area (Å²) in [6.45, 7) is 0.837. The van der Waals surface area contributed by atoms with Crippen LogP contribution in [0.25, 0.3) is 0 Å². The number of anilines is 2. The van der Waals surface area contributed by atoms with Crippen LogP contribution in [0.1, 0.15) is 32.9 Å². The van der Waals surface area contributed by atoms with Crippen LogP contribution in [0.15, 0.2) is 90.1 Å². The summed E-state index contributed by atoms with van der Waals surface area (Å²) < 4.78 is 6.89. The Morgan fingerprint density at radius 2 is 1.76 bits per heavy atom. The molecule has 0 saturated heterocycles. The molecule has 3 N–H and O–H groups in total. The smallest absolute Gasteiger partial charge is 0.291 e. The van der Waals surface area contributed by atoms with E-state index in [1.807, 2.05) is 16.7 Å². The fourth-order valence-electron chi connectivity index (χ4n) is 3.20. The minimum absolute atomic E-state index is 0.148. The van der Waals surface area contributed by atoms with Crippen molar-refractivity contribution < 1.29 is 18.8 Å². The van der Waals surface area contributed by atoms with Crippen molar-refractivity contribution >= 4 is 29.1 Å². The predicted octanol–water partition coefficient (Wildman–Crippen LogP) is 3.69. The molecule has 0 atom stereocenters. The summed E-state index contributed by atoms with van der Waals surface area (Å²) in [4.78, 5) is 40.7. The lowest BCUT2D eigenvalue weighted by molar-refractivity contribution is -0.116. The highest BCUT2D eigenvalue weighted by atomic mass is 16.3. The number of imidazole rings is 1. The minimum Gasteiger partial charge on any atom is -0.459 e. The second-order valence-corrected chi connectivity index (χ2v) is 7.49. The molecule has 0 saturated carbocycles. The molecular formula is C25H23N5O4. The monoisotopic (exact) mass is 457 g/mol. The van der Waals surface area contributed by atoms with Gasteiger partial charge in [-0.1, -0.05) is 18.2 Å². The summed E-state index contributed by atoms with van der Waals surface area (Å²) in [6, 6.07) is 17.1. The number of rotatable bonds is 9. The molecule has 0 aliphatic carbocycles. The molecule has 0 radical (unpaired) electrons. The number of hydrogen-bond acceptors (Lipinski definition) is 5. The number of nitrogens with one attached hydrogen (secondary N) is 3. The fraction of sp³-hybridized carbons (Fsp3) is 0.120.